The minimum atomic E-state index is -0.474. The van der Waals surface area contributed by atoms with Crippen LogP contribution in [0.25, 0.3) is 11.3 Å². The number of carbonyl (C=O) groups excluding carboxylic acids is 1. The van der Waals surface area contributed by atoms with E-state index in [0.717, 1.165) is 45.4 Å². The van der Waals surface area contributed by atoms with E-state index in [2.05, 4.69) is 22.9 Å². The summed E-state index contributed by atoms with van der Waals surface area (Å²) in [5, 5.41) is 2.74. The van der Waals surface area contributed by atoms with Crippen LogP contribution in [0.5, 0.6) is 11.5 Å². The molecule has 1 amide bonds. The van der Waals surface area contributed by atoms with Crippen molar-refractivity contribution < 1.29 is 14.3 Å². The highest BCUT2D eigenvalue weighted by Gasteiger charge is 2.23. The lowest BCUT2D eigenvalue weighted by Crippen LogP contribution is -2.45. The van der Waals surface area contributed by atoms with Crippen LogP contribution in [0.1, 0.15) is 29.2 Å². The lowest BCUT2D eigenvalue weighted by Gasteiger charge is -2.25. The van der Waals surface area contributed by atoms with E-state index >= 15 is 0 Å². The van der Waals surface area contributed by atoms with Gasteiger partial charge in [0.05, 0.1) is 25.1 Å². The maximum absolute atomic E-state index is 13.9. The van der Waals surface area contributed by atoms with Gasteiger partial charge in [-0.1, -0.05) is 17.7 Å². The summed E-state index contributed by atoms with van der Waals surface area (Å²) in [4.78, 5) is 31.3. The zero-order chi connectivity index (χ0) is 29.0. The van der Waals surface area contributed by atoms with Crippen molar-refractivity contribution >= 4 is 11.6 Å². The highest BCUT2D eigenvalue weighted by Crippen LogP contribution is 2.37. The Balaban J connectivity index is 1.89. The third kappa shape index (κ3) is 5.59. The van der Waals surface area contributed by atoms with E-state index in [1.165, 1.54) is 0 Å². The quantitative estimate of drug-likeness (QED) is 0.181. The summed E-state index contributed by atoms with van der Waals surface area (Å²) in [5.74, 6) is 6.15. The number of amides is 1. The van der Waals surface area contributed by atoms with Crippen LogP contribution in [0.4, 0.5) is 5.69 Å². The zero-order valence-electron chi connectivity index (χ0n) is 23.6. The van der Waals surface area contributed by atoms with Crippen LogP contribution in [0.3, 0.4) is 0 Å². The topological polar surface area (TPSA) is 151 Å². The fourth-order valence-corrected chi connectivity index (χ4v) is 5.10. The fraction of sp³-hybridized carbons (Fsp3) is 0.345. The van der Waals surface area contributed by atoms with Gasteiger partial charge in [0, 0.05) is 37.5 Å². The SMILES string of the molecule is CCOc1cc2c(cc1OC)-c1cc(=Nc3c(C)cc(C)cc3C)n(CCNC(=O)/C(=C/N)NN)c(=O)n1CC2. The van der Waals surface area contributed by atoms with Gasteiger partial charge in [-0.15, -0.1) is 0 Å². The molecule has 0 spiro atoms. The molecule has 0 fully saturated rings. The van der Waals surface area contributed by atoms with Crippen molar-refractivity contribution in [2.75, 3.05) is 20.3 Å². The maximum atomic E-state index is 13.9. The first-order valence-electron chi connectivity index (χ1n) is 13.2. The van der Waals surface area contributed by atoms with E-state index < -0.39 is 5.91 Å². The Kier molecular flexibility index (Phi) is 8.64. The molecule has 3 aromatic rings. The number of rotatable bonds is 9. The summed E-state index contributed by atoms with van der Waals surface area (Å²) in [6.07, 6.45) is 1.74. The number of ether oxygens (including phenoxy) is 2. The number of aryl methyl sites for hydroxylation is 4. The highest BCUT2D eigenvalue weighted by atomic mass is 16.5. The third-order valence-corrected chi connectivity index (χ3v) is 6.91. The number of benzene rings is 2. The molecule has 0 atom stereocenters. The molecule has 6 N–H and O–H groups in total. The fourth-order valence-electron chi connectivity index (χ4n) is 5.10. The summed E-state index contributed by atoms with van der Waals surface area (Å²) in [5.41, 5.74) is 14.6. The molecule has 1 aliphatic heterocycles. The van der Waals surface area contributed by atoms with Gasteiger partial charge in [-0.2, -0.15) is 0 Å². The summed E-state index contributed by atoms with van der Waals surface area (Å²) >= 11 is 0. The molecule has 0 saturated carbocycles. The Hall–Kier alpha value is -4.51. The molecule has 40 heavy (non-hydrogen) atoms. The number of hydrogen-bond acceptors (Lipinski definition) is 8. The Morgan fingerprint density at radius 2 is 1.85 bits per heavy atom. The van der Waals surface area contributed by atoms with E-state index in [9.17, 15) is 9.59 Å². The van der Waals surface area contributed by atoms with Crippen molar-refractivity contribution in [3.63, 3.8) is 0 Å². The molecule has 1 aliphatic rings. The van der Waals surface area contributed by atoms with Gasteiger partial charge in [-0.05, 0) is 62.9 Å². The minimum absolute atomic E-state index is 0.0277. The van der Waals surface area contributed by atoms with E-state index in [1.54, 1.807) is 16.2 Å². The lowest BCUT2D eigenvalue weighted by atomic mass is 9.97. The van der Waals surface area contributed by atoms with Crippen LogP contribution in [0.15, 0.2) is 52.0 Å². The molecule has 0 saturated heterocycles. The number of fused-ring (bicyclic) bond motifs is 3. The van der Waals surface area contributed by atoms with Crippen molar-refractivity contribution in [1.29, 1.82) is 0 Å². The standard InChI is InChI=1S/C29H37N7O4/c1-6-40-25-13-20-7-9-35-23(21(20)14-24(25)39-5)15-26(33-27-18(3)11-17(2)12-19(27)4)36(29(35)38)10-8-32-28(37)22(16-30)34-31/h11-16,34H,6-10,30-31H2,1-5H3,(H,32,37)/b22-16-,33-26?. The Bertz CT molecular complexity index is 1580. The van der Waals surface area contributed by atoms with Gasteiger partial charge < -0.3 is 25.9 Å². The van der Waals surface area contributed by atoms with Gasteiger partial charge in [0.2, 0.25) is 0 Å². The Morgan fingerprint density at radius 1 is 1.12 bits per heavy atom. The van der Waals surface area contributed by atoms with Gasteiger partial charge in [-0.25, -0.2) is 9.79 Å². The first kappa shape index (κ1) is 28.5. The summed E-state index contributed by atoms with van der Waals surface area (Å²) < 4.78 is 14.7. The van der Waals surface area contributed by atoms with Crippen molar-refractivity contribution in [3.8, 4) is 22.8 Å². The van der Waals surface area contributed by atoms with Crippen molar-refractivity contribution in [3.05, 3.63) is 80.5 Å². The number of nitrogens with two attached hydrogens (primary N) is 2. The first-order chi connectivity index (χ1) is 19.2. The van der Waals surface area contributed by atoms with Gasteiger partial charge in [-0.3, -0.25) is 19.8 Å². The van der Waals surface area contributed by atoms with Crippen LogP contribution in [-0.4, -0.2) is 35.3 Å². The molecule has 0 aliphatic carbocycles. The molecular formula is C29H37N7O4. The minimum Gasteiger partial charge on any atom is -0.493 e. The van der Waals surface area contributed by atoms with E-state index in [0.29, 0.717) is 36.6 Å². The smallest absolute Gasteiger partial charge is 0.330 e. The van der Waals surface area contributed by atoms with Crippen LogP contribution in [0.2, 0.25) is 0 Å². The molecule has 1 aromatic heterocycles. The molecular weight excluding hydrogens is 510 g/mol. The van der Waals surface area contributed by atoms with Crippen LogP contribution >= 0.6 is 0 Å². The van der Waals surface area contributed by atoms with Crippen LogP contribution < -0.4 is 43.0 Å². The second-order valence-electron chi connectivity index (χ2n) is 9.66. The van der Waals surface area contributed by atoms with E-state index in [-0.39, 0.29) is 24.5 Å². The Labute approximate surface area is 233 Å². The number of nitrogens with one attached hydrogen (secondary N) is 2. The number of hydrogen-bond donors (Lipinski definition) is 4. The number of nitrogens with zero attached hydrogens (tertiary/aromatic N) is 3. The van der Waals surface area contributed by atoms with Crippen molar-refractivity contribution in [1.82, 2.24) is 19.9 Å². The van der Waals surface area contributed by atoms with Gasteiger partial charge in [0.15, 0.2) is 11.5 Å². The largest absolute Gasteiger partial charge is 0.493 e. The monoisotopic (exact) mass is 547 g/mol. The highest BCUT2D eigenvalue weighted by molar-refractivity contribution is 5.92. The molecule has 11 nitrogen and oxygen atoms in total. The molecule has 0 radical (unpaired) electrons. The summed E-state index contributed by atoms with van der Waals surface area (Å²) in [6, 6.07) is 9.96. The molecule has 0 unspecified atom stereocenters. The number of aromatic nitrogens is 2. The maximum Gasteiger partial charge on any atom is 0.330 e. The van der Waals surface area contributed by atoms with Gasteiger partial charge in [0.1, 0.15) is 11.2 Å². The van der Waals surface area contributed by atoms with Crippen molar-refractivity contribution in [2.45, 2.75) is 47.2 Å². The van der Waals surface area contributed by atoms with Crippen LogP contribution in [-0.2, 0) is 24.3 Å². The zero-order valence-corrected chi connectivity index (χ0v) is 23.6. The van der Waals surface area contributed by atoms with Gasteiger partial charge >= 0.3 is 5.69 Å². The third-order valence-electron chi connectivity index (χ3n) is 6.91. The first-order valence-corrected chi connectivity index (χ1v) is 13.2. The second-order valence-corrected chi connectivity index (χ2v) is 9.66. The average molecular weight is 548 g/mol. The molecule has 4 rings (SSSR count). The second kappa shape index (κ2) is 12.1. The predicted octanol–water partition coefficient (Wildman–Crippen LogP) is 1.82. The van der Waals surface area contributed by atoms with E-state index in [1.807, 2.05) is 45.9 Å². The molecule has 0 bridgehead atoms. The number of methoxy groups -OCH3 is 1. The van der Waals surface area contributed by atoms with Crippen molar-refractivity contribution in [2.24, 2.45) is 16.6 Å². The summed E-state index contributed by atoms with van der Waals surface area (Å²) in [6.45, 7) is 9.34. The Morgan fingerprint density at radius 3 is 2.48 bits per heavy atom. The molecule has 2 heterocycles. The molecule has 212 valence electrons. The lowest BCUT2D eigenvalue weighted by molar-refractivity contribution is -0.117. The number of carbonyl (C=O) groups is 1. The van der Waals surface area contributed by atoms with E-state index in [4.69, 9.17) is 26.0 Å². The summed E-state index contributed by atoms with van der Waals surface area (Å²) in [7, 11) is 1.60. The molecule has 11 heteroatoms. The predicted molar refractivity (Wildman–Crippen MR) is 154 cm³/mol. The average Bonchev–Trinajstić information content (AvgIpc) is 2.92. The number of hydrazine groups is 1. The van der Waals surface area contributed by atoms with Gasteiger partial charge in [0.25, 0.3) is 5.91 Å². The molecule has 2 aromatic carbocycles. The van der Waals surface area contributed by atoms with Crippen LogP contribution in [0, 0.1) is 20.8 Å². The normalized spacial score (nSPS) is 12.9.